The molecule has 0 unspecified atom stereocenters. The van der Waals surface area contributed by atoms with Gasteiger partial charge in [-0.25, -0.2) is 0 Å². The highest BCUT2D eigenvalue weighted by Gasteiger charge is 2.16. The lowest BCUT2D eigenvalue weighted by atomic mass is 10.0. The van der Waals surface area contributed by atoms with Crippen molar-refractivity contribution in [3.63, 3.8) is 0 Å². The molecule has 104 valence electrons. The number of nitrogens with one attached hydrogen (secondary N) is 1. The van der Waals surface area contributed by atoms with Crippen molar-refractivity contribution < 1.29 is 9.53 Å². The summed E-state index contributed by atoms with van der Waals surface area (Å²) in [6.07, 6.45) is 6.34. The molecule has 0 heterocycles. The first-order valence-electron chi connectivity index (χ1n) is 6.92. The lowest BCUT2D eigenvalue weighted by Crippen LogP contribution is -2.26. The van der Waals surface area contributed by atoms with Gasteiger partial charge < -0.3 is 15.8 Å². The molecular weight excluding hydrogens is 240 g/mol. The SMILES string of the molecule is COc1ccc(N)cc1C(=O)NCCC1CCCC1. The van der Waals surface area contributed by atoms with Gasteiger partial charge in [-0.1, -0.05) is 25.7 Å². The summed E-state index contributed by atoms with van der Waals surface area (Å²) in [7, 11) is 1.56. The molecule has 0 spiro atoms. The molecule has 0 aliphatic heterocycles. The van der Waals surface area contributed by atoms with Crippen molar-refractivity contribution in [3.05, 3.63) is 23.8 Å². The van der Waals surface area contributed by atoms with Crippen LogP contribution in [0.25, 0.3) is 0 Å². The second kappa shape index (κ2) is 6.45. The number of rotatable bonds is 5. The number of amides is 1. The summed E-state index contributed by atoms with van der Waals surface area (Å²) in [5.41, 5.74) is 6.79. The molecule has 0 saturated heterocycles. The van der Waals surface area contributed by atoms with Crippen LogP contribution in [0.3, 0.4) is 0 Å². The fourth-order valence-corrected chi connectivity index (χ4v) is 2.69. The van der Waals surface area contributed by atoms with Crippen molar-refractivity contribution in [1.29, 1.82) is 0 Å². The molecule has 4 heteroatoms. The van der Waals surface area contributed by atoms with Gasteiger partial charge in [-0.3, -0.25) is 4.79 Å². The van der Waals surface area contributed by atoms with Crippen LogP contribution < -0.4 is 15.8 Å². The number of hydrogen-bond acceptors (Lipinski definition) is 3. The molecule has 0 bridgehead atoms. The standard InChI is InChI=1S/C15H22N2O2/c1-19-14-7-6-12(16)10-13(14)15(18)17-9-8-11-4-2-3-5-11/h6-7,10-11H,2-5,8-9,16H2,1H3,(H,17,18). The second-order valence-corrected chi connectivity index (χ2v) is 5.15. The van der Waals surface area contributed by atoms with Crippen LogP contribution in [0, 0.1) is 5.92 Å². The number of benzene rings is 1. The first kappa shape index (κ1) is 13.7. The predicted octanol–water partition coefficient (Wildman–Crippen LogP) is 2.59. The lowest BCUT2D eigenvalue weighted by molar-refractivity contribution is 0.0948. The highest BCUT2D eigenvalue weighted by Crippen LogP contribution is 2.27. The molecule has 0 atom stereocenters. The Morgan fingerprint density at radius 1 is 1.42 bits per heavy atom. The number of anilines is 1. The number of carbonyl (C=O) groups is 1. The van der Waals surface area contributed by atoms with Crippen molar-refractivity contribution in [3.8, 4) is 5.75 Å². The van der Waals surface area contributed by atoms with E-state index in [0.29, 0.717) is 17.0 Å². The second-order valence-electron chi connectivity index (χ2n) is 5.15. The monoisotopic (exact) mass is 262 g/mol. The van der Waals surface area contributed by atoms with Crippen molar-refractivity contribution in [1.82, 2.24) is 5.32 Å². The van der Waals surface area contributed by atoms with E-state index in [1.807, 2.05) is 0 Å². The minimum atomic E-state index is -0.109. The maximum atomic E-state index is 12.1. The average Bonchev–Trinajstić information content (AvgIpc) is 2.91. The van der Waals surface area contributed by atoms with Crippen LogP contribution in [0.2, 0.25) is 0 Å². The first-order chi connectivity index (χ1) is 9.20. The van der Waals surface area contributed by atoms with E-state index in [1.54, 1.807) is 25.3 Å². The number of methoxy groups -OCH3 is 1. The van der Waals surface area contributed by atoms with Crippen LogP contribution in [0.5, 0.6) is 5.75 Å². The molecule has 2 rings (SSSR count). The van der Waals surface area contributed by atoms with E-state index in [9.17, 15) is 4.79 Å². The van der Waals surface area contributed by atoms with E-state index in [1.165, 1.54) is 25.7 Å². The van der Waals surface area contributed by atoms with Gasteiger partial charge in [-0.15, -0.1) is 0 Å². The number of hydrogen-bond donors (Lipinski definition) is 2. The van der Waals surface area contributed by atoms with Gasteiger partial charge in [0, 0.05) is 12.2 Å². The number of nitrogen functional groups attached to an aromatic ring is 1. The van der Waals surface area contributed by atoms with E-state index in [0.717, 1.165) is 18.9 Å². The molecule has 1 amide bonds. The summed E-state index contributed by atoms with van der Waals surface area (Å²) < 4.78 is 5.18. The Labute approximate surface area is 114 Å². The van der Waals surface area contributed by atoms with E-state index < -0.39 is 0 Å². The molecule has 1 fully saturated rings. The van der Waals surface area contributed by atoms with Crippen LogP contribution in [-0.4, -0.2) is 19.6 Å². The Morgan fingerprint density at radius 3 is 2.84 bits per heavy atom. The van der Waals surface area contributed by atoms with E-state index in [4.69, 9.17) is 10.5 Å². The van der Waals surface area contributed by atoms with E-state index in [2.05, 4.69) is 5.32 Å². The number of ether oxygens (including phenoxy) is 1. The highest BCUT2D eigenvalue weighted by atomic mass is 16.5. The van der Waals surface area contributed by atoms with E-state index in [-0.39, 0.29) is 5.91 Å². The minimum Gasteiger partial charge on any atom is -0.496 e. The molecule has 1 aromatic carbocycles. The van der Waals surface area contributed by atoms with Gasteiger partial charge >= 0.3 is 0 Å². The Kier molecular flexibility index (Phi) is 4.66. The minimum absolute atomic E-state index is 0.109. The third kappa shape index (κ3) is 3.63. The average molecular weight is 262 g/mol. The largest absolute Gasteiger partial charge is 0.496 e. The Morgan fingerprint density at radius 2 is 2.16 bits per heavy atom. The topological polar surface area (TPSA) is 64.3 Å². The van der Waals surface area contributed by atoms with Gasteiger partial charge in [0.1, 0.15) is 5.75 Å². The van der Waals surface area contributed by atoms with Crippen LogP contribution in [0.15, 0.2) is 18.2 Å². The maximum Gasteiger partial charge on any atom is 0.255 e. The molecule has 1 aliphatic carbocycles. The van der Waals surface area contributed by atoms with Crippen LogP contribution >= 0.6 is 0 Å². The van der Waals surface area contributed by atoms with Gasteiger partial charge in [0.15, 0.2) is 0 Å². The van der Waals surface area contributed by atoms with Crippen LogP contribution in [0.1, 0.15) is 42.5 Å². The van der Waals surface area contributed by atoms with Crippen molar-refractivity contribution in [2.24, 2.45) is 5.92 Å². The lowest BCUT2D eigenvalue weighted by Gasteiger charge is -2.12. The zero-order valence-electron chi connectivity index (χ0n) is 11.4. The molecule has 4 nitrogen and oxygen atoms in total. The molecule has 19 heavy (non-hydrogen) atoms. The van der Waals surface area contributed by atoms with Gasteiger partial charge in [0.05, 0.1) is 12.7 Å². The molecule has 3 N–H and O–H groups in total. The van der Waals surface area contributed by atoms with Crippen LogP contribution in [-0.2, 0) is 0 Å². The summed E-state index contributed by atoms with van der Waals surface area (Å²) in [6.45, 7) is 0.724. The Hall–Kier alpha value is -1.71. The van der Waals surface area contributed by atoms with Gasteiger partial charge in [-0.2, -0.15) is 0 Å². The highest BCUT2D eigenvalue weighted by molar-refractivity contribution is 5.97. The van der Waals surface area contributed by atoms with E-state index >= 15 is 0 Å². The molecule has 0 radical (unpaired) electrons. The number of carbonyl (C=O) groups excluding carboxylic acids is 1. The zero-order chi connectivity index (χ0) is 13.7. The fourth-order valence-electron chi connectivity index (χ4n) is 2.69. The molecule has 1 aromatic rings. The smallest absolute Gasteiger partial charge is 0.255 e. The molecular formula is C15H22N2O2. The first-order valence-corrected chi connectivity index (χ1v) is 6.92. The zero-order valence-corrected chi connectivity index (χ0v) is 11.4. The summed E-state index contributed by atoms with van der Waals surface area (Å²) in [5.74, 6) is 1.23. The predicted molar refractivity (Wildman–Crippen MR) is 76.3 cm³/mol. The quantitative estimate of drug-likeness (QED) is 0.802. The third-order valence-corrected chi connectivity index (χ3v) is 3.78. The Bertz CT molecular complexity index is 440. The normalized spacial score (nSPS) is 15.4. The third-order valence-electron chi connectivity index (χ3n) is 3.78. The van der Waals surface area contributed by atoms with Gasteiger partial charge in [0.25, 0.3) is 5.91 Å². The van der Waals surface area contributed by atoms with Gasteiger partial charge in [0.2, 0.25) is 0 Å². The summed E-state index contributed by atoms with van der Waals surface area (Å²) >= 11 is 0. The molecule has 1 aliphatic rings. The van der Waals surface area contributed by atoms with Crippen molar-refractivity contribution >= 4 is 11.6 Å². The molecule has 1 saturated carbocycles. The summed E-state index contributed by atoms with van der Waals surface area (Å²) in [6, 6.07) is 5.11. The summed E-state index contributed by atoms with van der Waals surface area (Å²) in [5, 5.41) is 2.95. The maximum absolute atomic E-state index is 12.1. The Balaban J connectivity index is 1.89. The summed E-state index contributed by atoms with van der Waals surface area (Å²) in [4.78, 5) is 12.1. The molecule has 0 aromatic heterocycles. The van der Waals surface area contributed by atoms with Crippen LogP contribution in [0.4, 0.5) is 5.69 Å². The van der Waals surface area contributed by atoms with Crippen molar-refractivity contribution in [2.45, 2.75) is 32.1 Å². The fraction of sp³-hybridized carbons (Fsp3) is 0.533. The number of nitrogens with two attached hydrogens (primary N) is 1. The van der Waals surface area contributed by atoms with Crippen molar-refractivity contribution in [2.75, 3.05) is 19.4 Å². The van der Waals surface area contributed by atoms with Gasteiger partial charge in [-0.05, 0) is 30.5 Å².